The molecule has 5 heteroatoms. The molecular formula is C21H34N2O3. The minimum absolute atomic E-state index is 0.295. The molecule has 1 aromatic rings. The number of nitrogens with zero attached hydrogens (tertiary/aromatic N) is 2. The van der Waals surface area contributed by atoms with Crippen molar-refractivity contribution in [2.45, 2.75) is 50.4 Å². The highest BCUT2D eigenvalue weighted by Crippen LogP contribution is 2.36. The monoisotopic (exact) mass is 362 g/mol. The van der Waals surface area contributed by atoms with Crippen molar-refractivity contribution < 1.29 is 14.6 Å². The van der Waals surface area contributed by atoms with Crippen molar-refractivity contribution in [3.05, 3.63) is 29.8 Å². The fraction of sp³-hybridized carbons (Fsp3) is 0.714. The van der Waals surface area contributed by atoms with Crippen molar-refractivity contribution in [3.63, 3.8) is 0 Å². The van der Waals surface area contributed by atoms with E-state index in [1.165, 1.54) is 5.56 Å². The number of ether oxygens (including phenoxy) is 2. The Labute approximate surface area is 157 Å². The summed E-state index contributed by atoms with van der Waals surface area (Å²) in [5.41, 5.74) is 0.954. The van der Waals surface area contributed by atoms with E-state index >= 15 is 0 Å². The van der Waals surface area contributed by atoms with E-state index in [9.17, 15) is 5.11 Å². The van der Waals surface area contributed by atoms with E-state index in [4.69, 9.17) is 9.47 Å². The van der Waals surface area contributed by atoms with Crippen LogP contribution in [0.5, 0.6) is 5.75 Å². The Morgan fingerprint density at radius 2 is 2.04 bits per heavy atom. The first-order valence-electron chi connectivity index (χ1n) is 9.99. The molecule has 0 unspecified atom stereocenters. The lowest BCUT2D eigenvalue weighted by atomic mass is 9.82. The number of hydrogen-bond acceptors (Lipinski definition) is 5. The molecule has 1 spiro atoms. The molecule has 1 atom stereocenters. The van der Waals surface area contributed by atoms with Crippen LogP contribution in [0.15, 0.2) is 24.3 Å². The lowest BCUT2D eigenvalue weighted by Gasteiger charge is -2.46. The van der Waals surface area contributed by atoms with Gasteiger partial charge in [-0.05, 0) is 52.3 Å². The summed E-state index contributed by atoms with van der Waals surface area (Å²) in [5.74, 6) is 1.00. The van der Waals surface area contributed by atoms with Gasteiger partial charge < -0.3 is 19.5 Å². The summed E-state index contributed by atoms with van der Waals surface area (Å²) in [6.07, 6.45) is 4.42. The van der Waals surface area contributed by atoms with E-state index in [-0.39, 0.29) is 11.7 Å². The van der Waals surface area contributed by atoms with Crippen molar-refractivity contribution in [2.24, 2.45) is 0 Å². The van der Waals surface area contributed by atoms with Crippen LogP contribution in [-0.4, -0.2) is 73.6 Å². The summed E-state index contributed by atoms with van der Waals surface area (Å²) in [6.45, 7) is 5.41. The summed E-state index contributed by atoms with van der Waals surface area (Å²) in [5, 5.41) is 10.4. The number of aliphatic hydroxyl groups is 1. The molecule has 0 saturated carbocycles. The highest BCUT2D eigenvalue weighted by molar-refractivity contribution is 5.33. The number of para-hydroxylation sites is 1. The molecular weight excluding hydrogens is 328 g/mol. The maximum absolute atomic E-state index is 10.4. The molecule has 3 rings (SSSR count). The fourth-order valence-corrected chi connectivity index (χ4v) is 4.06. The van der Waals surface area contributed by atoms with Gasteiger partial charge in [-0.25, -0.2) is 0 Å². The van der Waals surface area contributed by atoms with E-state index in [0.29, 0.717) is 0 Å². The standard InChI is InChI=1S/C21H34N2O3/c1-22(2)12-6-15-25-19-8-4-3-7-18(19)17-23-13-10-21(11-14-23)20(24)9-5-16-26-21/h3-4,7-8,20,24H,5-6,9-17H2,1-2H3/t20-/m0/s1. The molecule has 5 nitrogen and oxygen atoms in total. The number of aliphatic hydroxyl groups excluding tert-OH is 1. The van der Waals surface area contributed by atoms with Gasteiger partial charge in [-0.3, -0.25) is 4.90 Å². The number of likely N-dealkylation sites (tertiary alicyclic amines) is 1. The number of benzene rings is 1. The normalized spacial score (nSPS) is 23.5. The van der Waals surface area contributed by atoms with Gasteiger partial charge in [-0.15, -0.1) is 0 Å². The second-order valence-corrected chi connectivity index (χ2v) is 7.96. The minimum Gasteiger partial charge on any atom is -0.493 e. The first-order chi connectivity index (χ1) is 12.6. The SMILES string of the molecule is CN(C)CCCOc1ccccc1CN1CCC2(CC1)OCCC[C@@H]2O. The zero-order valence-corrected chi connectivity index (χ0v) is 16.3. The predicted octanol–water partition coefficient (Wildman–Crippen LogP) is 2.52. The summed E-state index contributed by atoms with van der Waals surface area (Å²) in [4.78, 5) is 4.64. The second-order valence-electron chi connectivity index (χ2n) is 7.96. The van der Waals surface area contributed by atoms with Crippen LogP contribution >= 0.6 is 0 Å². The third-order valence-corrected chi connectivity index (χ3v) is 5.69. The molecule has 146 valence electrons. The molecule has 0 aliphatic carbocycles. The average molecular weight is 363 g/mol. The predicted molar refractivity (Wildman–Crippen MR) is 104 cm³/mol. The first kappa shape index (κ1) is 19.6. The van der Waals surface area contributed by atoms with Gasteiger partial charge in [0.25, 0.3) is 0 Å². The Morgan fingerprint density at radius 1 is 1.27 bits per heavy atom. The van der Waals surface area contributed by atoms with Crippen LogP contribution < -0.4 is 4.74 Å². The Morgan fingerprint density at radius 3 is 2.77 bits per heavy atom. The lowest BCUT2D eigenvalue weighted by molar-refractivity contribution is -0.177. The summed E-state index contributed by atoms with van der Waals surface area (Å²) in [7, 11) is 4.17. The van der Waals surface area contributed by atoms with Gasteiger partial charge in [-0.1, -0.05) is 18.2 Å². The van der Waals surface area contributed by atoms with Crippen LogP contribution in [-0.2, 0) is 11.3 Å². The van der Waals surface area contributed by atoms with Gasteiger partial charge >= 0.3 is 0 Å². The Balaban J connectivity index is 1.52. The fourth-order valence-electron chi connectivity index (χ4n) is 4.06. The van der Waals surface area contributed by atoms with Crippen LogP contribution in [0.2, 0.25) is 0 Å². The molecule has 2 aliphatic heterocycles. The molecule has 2 aliphatic rings. The molecule has 2 saturated heterocycles. The Bertz CT molecular complexity index is 556. The third kappa shape index (κ3) is 4.97. The summed E-state index contributed by atoms with van der Waals surface area (Å²) in [6, 6.07) is 8.37. The van der Waals surface area contributed by atoms with E-state index in [1.54, 1.807) is 0 Å². The first-order valence-corrected chi connectivity index (χ1v) is 9.99. The van der Waals surface area contributed by atoms with Gasteiger partial charge in [0.1, 0.15) is 5.75 Å². The van der Waals surface area contributed by atoms with E-state index in [0.717, 1.165) is 77.2 Å². The maximum Gasteiger partial charge on any atom is 0.123 e. The highest BCUT2D eigenvalue weighted by atomic mass is 16.5. The Hall–Kier alpha value is -1.14. The van der Waals surface area contributed by atoms with E-state index in [1.807, 2.05) is 6.07 Å². The number of rotatable bonds is 7. The third-order valence-electron chi connectivity index (χ3n) is 5.69. The molecule has 0 radical (unpaired) electrons. The summed E-state index contributed by atoms with van der Waals surface area (Å²) >= 11 is 0. The van der Waals surface area contributed by atoms with Crippen molar-refractivity contribution >= 4 is 0 Å². The highest BCUT2D eigenvalue weighted by Gasteiger charge is 2.43. The van der Waals surface area contributed by atoms with Crippen molar-refractivity contribution in [1.82, 2.24) is 9.80 Å². The van der Waals surface area contributed by atoms with E-state index in [2.05, 4.69) is 42.1 Å². The largest absolute Gasteiger partial charge is 0.493 e. The molecule has 0 amide bonds. The molecule has 26 heavy (non-hydrogen) atoms. The van der Waals surface area contributed by atoms with Crippen molar-refractivity contribution in [3.8, 4) is 5.75 Å². The molecule has 1 N–H and O–H groups in total. The topological polar surface area (TPSA) is 45.2 Å². The van der Waals surface area contributed by atoms with E-state index < -0.39 is 0 Å². The maximum atomic E-state index is 10.4. The van der Waals surface area contributed by atoms with Crippen LogP contribution in [0.25, 0.3) is 0 Å². The van der Waals surface area contributed by atoms with Crippen molar-refractivity contribution in [1.29, 1.82) is 0 Å². The van der Waals surface area contributed by atoms with Gasteiger partial charge in [-0.2, -0.15) is 0 Å². The smallest absolute Gasteiger partial charge is 0.123 e. The molecule has 0 aromatic heterocycles. The number of hydrogen-bond donors (Lipinski definition) is 1. The van der Waals surface area contributed by atoms with Crippen molar-refractivity contribution in [2.75, 3.05) is 46.9 Å². The quantitative estimate of drug-likeness (QED) is 0.755. The number of piperidine rings is 1. The second kappa shape index (κ2) is 9.18. The zero-order valence-electron chi connectivity index (χ0n) is 16.3. The molecule has 2 heterocycles. The Kier molecular flexibility index (Phi) is 6.92. The van der Waals surface area contributed by atoms with Crippen LogP contribution in [0.4, 0.5) is 0 Å². The zero-order chi connectivity index (χ0) is 18.4. The minimum atomic E-state index is -0.300. The molecule has 0 bridgehead atoms. The van der Waals surface area contributed by atoms with Crippen LogP contribution in [0.1, 0.15) is 37.7 Å². The van der Waals surface area contributed by atoms with Gasteiger partial charge in [0.05, 0.1) is 18.3 Å². The van der Waals surface area contributed by atoms with Gasteiger partial charge in [0.2, 0.25) is 0 Å². The van der Waals surface area contributed by atoms with Gasteiger partial charge in [0.15, 0.2) is 0 Å². The molecule has 1 aromatic carbocycles. The average Bonchev–Trinajstić information content (AvgIpc) is 2.64. The van der Waals surface area contributed by atoms with Gasteiger partial charge in [0, 0.05) is 38.3 Å². The molecule has 2 fully saturated rings. The van der Waals surface area contributed by atoms with Crippen LogP contribution in [0, 0.1) is 0 Å². The van der Waals surface area contributed by atoms with Crippen LogP contribution in [0.3, 0.4) is 0 Å². The lowest BCUT2D eigenvalue weighted by Crippen LogP contribution is -2.55. The summed E-state index contributed by atoms with van der Waals surface area (Å²) < 4.78 is 12.1.